The van der Waals surface area contributed by atoms with Crippen LogP contribution in [-0.2, 0) is 14.0 Å². The molecule has 3 nitrogen and oxygen atoms in total. The maximum absolute atomic E-state index is 12.4. The van der Waals surface area contributed by atoms with Crippen molar-refractivity contribution in [1.82, 2.24) is 0 Å². The fourth-order valence-electron chi connectivity index (χ4n) is 5.02. The van der Waals surface area contributed by atoms with Crippen LogP contribution in [0.15, 0.2) is 11.6 Å². The predicted molar refractivity (Wildman–Crippen MR) is 108 cm³/mol. The smallest absolute Gasteiger partial charge is 0.310 e. The molecule has 0 aromatic carbocycles. The molecule has 2 fully saturated rings. The van der Waals surface area contributed by atoms with Crippen LogP contribution in [0.5, 0.6) is 0 Å². The molecule has 0 unspecified atom stereocenters. The average Bonchev–Trinajstić information content (AvgIpc) is 2.87. The van der Waals surface area contributed by atoms with Gasteiger partial charge in [0.15, 0.2) is 8.32 Å². The summed E-state index contributed by atoms with van der Waals surface area (Å²) < 4.78 is 12.1. The maximum atomic E-state index is 12.4. The lowest BCUT2D eigenvalue weighted by molar-refractivity contribution is -0.145. The third-order valence-corrected chi connectivity index (χ3v) is 12.4. The zero-order valence-electron chi connectivity index (χ0n) is 17.9. The summed E-state index contributed by atoms with van der Waals surface area (Å²) in [5, 5.41) is 0.270. The molecule has 26 heavy (non-hydrogen) atoms. The van der Waals surface area contributed by atoms with Crippen molar-refractivity contribution in [3.05, 3.63) is 11.6 Å². The van der Waals surface area contributed by atoms with Gasteiger partial charge in [0.05, 0.1) is 5.92 Å². The van der Waals surface area contributed by atoms with Crippen molar-refractivity contribution < 1.29 is 14.0 Å². The zero-order chi connectivity index (χ0) is 19.3. The van der Waals surface area contributed by atoms with Crippen molar-refractivity contribution in [2.75, 3.05) is 6.61 Å². The Labute approximate surface area is 161 Å². The summed E-state index contributed by atoms with van der Waals surface area (Å²) in [5.41, 5.74) is 1.74. The van der Waals surface area contributed by atoms with Gasteiger partial charge in [0.1, 0.15) is 6.10 Å². The predicted octanol–water partition coefficient (Wildman–Crippen LogP) is 5.71. The molecule has 0 N–H and O–H groups in total. The molecule has 5 atom stereocenters. The molecule has 1 heterocycles. The van der Waals surface area contributed by atoms with Gasteiger partial charge in [-0.15, -0.1) is 0 Å². The highest BCUT2D eigenvalue weighted by atomic mass is 28.4. The molecule has 0 aromatic rings. The number of hydrogen-bond donors (Lipinski definition) is 0. The van der Waals surface area contributed by atoms with Crippen LogP contribution in [0, 0.1) is 23.2 Å². The van der Waals surface area contributed by atoms with Gasteiger partial charge in [0.2, 0.25) is 0 Å². The Morgan fingerprint density at radius 1 is 1.31 bits per heavy atom. The lowest BCUT2D eigenvalue weighted by Gasteiger charge is -2.46. The van der Waals surface area contributed by atoms with E-state index in [0.717, 1.165) is 38.7 Å². The van der Waals surface area contributed by atoms with Crippen LogP contribution in [0.25, 0.3) is 0 Å². The van der Waals surface area contributed by atoms with E-state index in [2.05, 4.69) is 53.8 Å². The first-order chi connectivity index (χ1) is 12.0. The number of carbonyl (C=O) groups excluding carboxylic acids is 1. The third-order valence-electron chi connectivity index (χ3n) is 7.83. The highest BCUT2D eigenvalue weighted by Gasteiger charge is 2.55. The Kier molecular flexibility index (Phi) is 5.24. The van der Waals surface area contributed by atoms with E-state index in [-0.39, 0.29) is 28.4 Å². The first-order valence-corrected chi connectivity index (χ1v) is 13.4. The van der Waals surface area contributed by atoms with Gasteiger partial charge in [0.25, 0.3) is 0 Å². The van der Waals surface area contributed by atoms with Crippen molar-refractivity contribution in [3.63, 3.8) is 0 Å². The number of esters is 1. The minimum Gasteiger partial charge on any atom is -0.461 e. The summed E-state index contributed by atoms with van der Waals surface area (Å²) in [6, 6.07) is 0. The Bertz CT molecular complexity index is 589. The van der Waals surface area contributed by atoms with Gasteiger partial charge >= 0.3 is 5.97 Å². The summed E-state index contributed by atoms with van der Waals surface area (Å²) in [6.07, 6.45) is 8.03. The average molecular weight is 379 g/mol. The van der Waals surface area contributed by atoms with E-state index in [1.54, 1.807) is 0 Å². The number of hydrogen-bond acceptors (Lipinski definition) is 3. The lowest BCUT2D eigenvalue weighted by Crippen LogP contribution is -2.42. The van der Waals surface area contributed by atoms with Crippen LogP contribution in [0.4, 0.5) is 0 Å². The minimum absolute atomic E-state index is 0.0589. The molecule has 0 spiro atoms. The van der Waals surface area contributed by atoms with E-state index in [9.17, 15) is 4.79 Å². The summed E-state index contributed by atoms with van der Waals surface area (Å²) in [7, 11) is -1.66. The van der Waals surface area contributed by atoms with Gasteiger partial charge in [0, 0.05) is 12.5 Å². The molecule has 1 aliphatic heterocycles. The molecule has 148 valence electrons. The van der Waals surface area contributed by atoms with Crippen LogP contribution >= 0.6 is 0 Å². The van der Waals surface area contributed by atoms with Crippen LogP contribution < -0.4 is 0 Å². The second-order valence-corrected chi connectivity index (χ2v) is 15.5. The summed E-state index contributed by atoms with van der Waals surface area (Å²) in [6.45, 7) is 17.0. The SMILES string of the molecule is C[C@@H]1CC=C2[C@@H]3[C@H]1C(=O)O[C@@H]3CC[C@@]2(C)CCCO[Si](C)(C)C(C)(C)C. The largest absolute Gasteiger partial charge is 0.461 e. The molecule has 0 aromatic heterocycles. The molecule has 0 radical (unpaired) electrons. The van der Waals surface area contributed by atoms with E-state index < -0.39 is 8.32 Å². The van der Waals surface area contributed by atoms with Gasteiger partial charge < -0.3 is 9.16 Å². The van der Waals surface area contributed by atoms with Gasteiger partial charge in [-0.25, -0.2) is 0 Å². The second-order valence-electron chi connectivity index (χ2n) is 10.7. The minimum atomic E-state index is -1.66. The molecule has 3 rings (SSSR count). The number of rotatable bonds is 5. The second kappa shape index (κ2) is 6.77. The molecule has 0 amide bonds. The van der Waals surface area contributed by atoms with Crippen molar-refractivity contribution in [2.45, 2.75) is 91.0 Å². The maximum Gasteiger partial charge on any atom is 0.310 e. The Balaban J connectivity index is 1.65. The van der Waals surface area contributed by atoms with Crippen LogP contribution in [0.1, 0.15) is 66.7 Å². The third kappa shape index (κ3) is 3.44. The molecule has 3 aliphatic rings. The van der Waals surface area contributed by atoms with Crippen molar-refractivity contribution in [2.24, 2.45) is 23.2 Å². The van der Waals surface area contributed by atoms with Crippen molar-refractivity contribution >= 4 is 14.3 Å². The Morgan fingerprint density at radius 3 is 2.65 bits per heavy atom. The monoisotopic (exact) mass is 378 g/mol. The van der Waals surface area contributed by atoms with Gasteiger partial charge in [-0.1, -0.05) is 46.3 Å². The first-order valence-electron chi connectivity index (χ1n) is 10.5. The number of ether oxygens (including phenoxy) is 1. The molecular formula is C22H38O3Si. The van der Waals surface area contributed by atoms with Crippen molar-refractivity contribution in [1.29, 1.82) is 0 Å². The topological polar surface area (TPSA) is 35.5 Å². The van der Waals surface area contributed by atoms with E-state index in [1.165, 1.54) is 5.57 Å². The molecule has 1 saturated carbocycles. The fraction of sp³-hybridized carbons (Fsp3) is 0.864. The van der Waals surface area contributed by atoms with Gasteiger partial charge in [-0.05, 0) is 61.6 Å². The Morgan fingerprint density at radius 2 is 2.00 bits per heavy atom. The highest BCUT2D eigenvalue weighted by Crippen LogP contribution is 2.56. The van der Waals surface area contributed by atoms with Crippen LogP contribution in [-0.4, -0.2) is 27.0 Å². The van der Waals surface area contributed by atoms with Crippen molar-refractivity contribution in [3.8, 4) is 0 Å². The number of allylic oxidation sites excluding steroid dienone is 1. The summed E-state index contributed by atoms with van der Waals surface area (Å²) in [4.78, 5) is 12.4. The molecule has 2 aliphatic carbocycles. The number of carbonyl (C=O) groups is 1. The van der Waals surface area contributed by atoms with Gasteiger partial charge in [-0.2, -0.15) is 0 Å². The lowest BCUT2D eigenvalue weighted by atomic mass is 9.57. The highest BCUT2D eigenvalue weighted by molar-refractivity contribution is 6.74. The Hall–Kier alpha value is -0.613. The van der Waals surface area contributed by atoms with E-state index in [1.807, 2.05) is 0 Å². The first kappa shape index (κ1) is 20.1. The standard InChI is InChI=1S/C22H38O3Si/c1-15-9-10-16-19-17(25-20(23)18(15)19)11-13-22(16,5)12-8-14-24-26(6,7)21(2,3)4/h10,15,17-19H,8-9,11-14H2,1-7H3/t15-,17-,18+,19+,22-/m1/s1. The van der Waals surface area contributed by atoms with Crippen LogP contribution in [0.2, 0.25) is 18.1 Å². The summed E-state index contributed by atoms with van der Waals surface area (Å²) in [5.74, 6) is 0.920. The normalized spacial score (nSPS) is 37.2. The molecule has 0 bridgehead atoms. The van der Waals surface area contributed by atoms with E-state index in [0.29, 0.717) is 11.8 Å². The fourth-order valence-corrected chi connectivity index (χ4v) is 6.11. The van der Waals surface area contributed by atoms with E-state index >= 15 is 0 Å². The summed E-state index contributed by atoms with van der Waals surface area (Å²) >= 11 is 0. The van der Waals surface area contributed by atoms with Gasteiger partial charge in [-0.3, -0.25) is 4.79 Å². The molecule has 4 heteroatoms. The molecule has 1 saturated heterocycles. The quantitative estimate of drug-likeness (QED) is 0.266. The van der Waals surface area contributed by atoms with E-state index in [4.69, 9.17) is 9.16 Å². The molecular weight excluding hydrogens is 340 g/mol. The zero-order valence-corrected chi connectivity index (χ0v) is 18.9. The van der Waals surface area contributed by atoms with Crippen LogP contribution in [0.3, 0.4) is 0 Å².